The Morgan fingerprint density at radius 2 is 1.54 bits per heavy atom. The lowest BCUT2D eigenvalue weighted by Crippen LogP contribution is -2.32. The first-order valence-corrected chi connectivity index (χ1v) is 8.13. The van der Waals surface area contributed by atoms with E-state index in [1.807, 2.05) is 0 Å². The molecule has 7 nitrogen and oxygen atoms in total. The summed E-state index contributed by atoms with van der Waals surface area (Å²) < 4.78 is 18.9. The highest BCUT2D eigenvalue weighted by molar-refractivity contribution is 6.21. The lowest BCUT2D eigenvalue weighted by Gasteiger charge is -2.12. The van der Waals surface area contributed by atoms with Gasteiger partial charge < -0.3 is 9.57 Å². The van der Waals surface area contributed by atoms with E-state index in [1.165, 1.54) is 42.5 Å². The molecule has 0 fully saturated rings. The van der Waals surface area contributed by atoms with E-state index in [0.29, 0.717) is 5.06 Å². The van der Waals surface area contributed by atoms with Gasteiger partial charge >= 0.3 is 5.97 Å². The molecule has 2 aromatic carbocycles. The summed E-state index contributed by atoms with van der Waals surface area (Å²) in [6.45, 7) is 0. The predicted octanol–water partition coefficient (Wildman–Crippen LogP) is 3.38. The minimum absolute atomic E-state index is 0.0163. The standard InChI is InChI=1S/C20H11FN2O5/c21-15-7-3-4-8-16(15)27-17-10-9-12(11-22-17)20(26)28-23-18(24)13-5-1-2-6-14(13)19(23)25/h1-11H. The number of benzene rings is 2. The molecule has 0 aliphatic carbocycles. The van der Waals surface area contributed by atoms with E-state index in [1.54, 1.807) is 18.2 Å². The summed E-state index contributed by atoms with van der Waals surface area (Å²) in [5.41, 5.74) is 0.302. The molecule has 4 rings (SSSR count). The molecular weight excluding hydrogens is 367 g/mol. The van der Waals surface area contributed by atoms with Gasteiger partial charge in [0.2, 0.25) is 5.88 Å². The van der Waals surface area contributed by atoms with Gasteiger partial charge in [0.25, 0.3) is 11.8 Å². The third-order valence-corrected chi connectivity index (χ3v) is 3.95. The molecule has 1 aliphatic rings. The fourth-order valence-electron chi connectivity index (χ4n) is 2.59. The number of fused-ring (bicyclic) bond motifs is 1. The van der Waals surface area contributed by atoms with Crippen LogP contribution in [0.2, 0.25) is 0 Å². The van der Waals surface area contributed by atoms with E-state index < -0.39 is 23.6 Å². The largest absolute Gasteiger partial charge is 0.436 e. The van der Waals surface area contributed by atoms with Gasteiger partial charge in [-0.3, -0.25) is 9.59 Å². The van der Waals surface area contributed by atoms with E-state index in [0.717, 1.165) is 6.20 Å². The zero-order chi connectivity index (χ0) is 19.7. The number of hydroxylamine groups is 2. The minimum Gasteiger partial charge on any atom is -0.436 e. The zero-order valence-electron chi connectivity index (χ0n) is 14.2. The molecule has 0 spiro atoms. The van der Waals surface area contributed by atoms with Crippen LogP contribution in [0.25, 0.3) is 0 Å². The third-order valence-electron chi connectivity index (χ3n) is 3.95. The minimum atomic E-state index is -0.945. The molecule has 0 N–H and O–H groups in total. The molecule has 0 bridgehead atoms. The first kappa shape index (κ1) is 17.3. The summed E-state index contributed by atoms with van der Waals surface area (Å²) in [4.78, 5) is 45.5. The van der Waals surface area contributed by atoms with Gasteiger partial charge in [0.15, 0.2) is 11.6 Å². The number of halogens is 1. The lowest BCUT2D eigenvalue weighted by atomic mass is 10.1. The van der Waals surface area contributed by atoms with Gasteiger partial charge in [-0.25, -0.2) is 14.2 Å². The van der Waals surface area contributed by atoms with Gasteiger partial charge in [0.1, 0.15) is 0 Å². The topological polar surface area (TPSA) is 85.8 Å². The second-order valence-electron chi connectivity index (χ2n) is 5.75. The Balaban J connectivity index is 1.47. The number of ether oxygens (including phenoxy) is 1. The van der Waals surface area contributed by atoms with Crippen LogP contribution >= 0.6 is 0 Å². The number of carbonyl (C=O) groups is 3. The van der Waals surface area contributed by atoms with Gasteiger partial charge in [-0.1, -0.05) is 29.3 Å². The monoisotopic (exact) mass is 378 g/mol. The number of pyridine rings is 1. The van der Waals surface area contributed by atoms with Crippen molar-refractivity contribution in [2.45, 2.75) is 0 Å². The van der Waals surface area contributed by atoms with E-state index in [4.69, 9.17) is 9.57 Å². The van der Waals surface area contributed by atoms with Gasteiger partial charge in [-0.05, 0) is 30.3 Å². The Kier molecular flexibility index (Phi) is 4.29. The maximum absolute atomic E-state index is 13.6. The average molecular weight is 378 g/mol. The number of hydrogen-bond donors (Lipinski definition) is 0. The van der Waals surface area contributed by atoms with Crippen LogP contribution < -0.4 is 4.74 Å². The molecule has 8 heteroatoms. The Morgan fingerprint density at radius 3 is 2.14 bits per heavy atom. The second-order valence-corrected chi connectivity index (χ2v) is 5.75. The molecule has 0 atom stereocenters. The molecule has 0 radical (unpaired) electrons. The summed E-state index contributed by atoms with van der Waals surface area (Å²) in [6.07, 6.45) is 1.14. The smallest absolute Gasteiger partial charge is 0.365 e. The number of aromatic nitrogens is 1. The van der Waals surface area contributed by atoms with Crippen LogP contribution in [0, 0.1) is 5.82 Å². The molecule has 3 aromatic rings. The van der Waals surface area contributed by atoms with Crippen LogP contribution in [-0.2, 0) is 4.84 Å². The van der Waals surface area contributed by atoms with Crippen molar-refractivity contribution in [2.24, 2.45) is 0 Å². The number of imide groups is 1. The molecule has 0 saturated carbocycles. The fraction of sp³-hybridized carbons (Fsp3) is 0. The highest BCUT2D eigenvalue weighted by atomic mass is 19.1. The van der Waals surface area contributed by atoms with Crippen molar-refractivity contribution < 1.29 is 28.3 Å². The van der Waals surface area contributed by atoms with Crippen molar-refractivity contribution in [2.75, 3.05) is 0 Å². The van der Waals surface area contributed by atoms with Crippen molar-refractivity contribution in [3.8, 4) is 11.6 Å². The molecule has 138 valence electrons. The molecule has 2 amide bonds. The van der Waals surface area contributed by atoms with Crippen LogP contribution in [-0.4, -0.2) is 27.8 Å². The van der Waals surface area contributed by atoms with Gasteiger partial charge in [-0.15, -0.1) is 0 Å². The number of nitrogens with zero attached hydrogens (tertiary/aromatic N) is 2. The van der Waals surface area contributed by atoms with Crippen LogP contribution in [0.1, 0.15) is 31.1 Å². The van der Waals surface area contributed by atoms with Gasteiger partial charge in [-0.2, -0.15) is 0 Å². The zero-order valence-corrected chi connectivity index (χ0v) is 14.2. The number of rotatable bonds is 4. The molecule has 0 unspecified atom stereocenters. The van der Waals surface area contributed by atoms with Crippen LogP contribution in [0.15, 0.2) is 66.9 Å². The molecule has 1 aliphatic heterocycles. The molecular formula is C20H11FN2O5. The van der Waals surface area contributed by atoms with E-state index in [-0.39, 0.29) is 28.3 Å². The summed E-state index contributed by atoms with van der Waals surface area (Å²) in [5.74, 6) is -2.90. The van der Waals surface area contributed by atoms with Crippen LogP contribution in [0.5, 0.6) is 11.6 Å². The first-order chi connectivity index (χ1) is 13.5. The highest BCUT2D eigenvalue weighted by Crippen LogP contribution is 2.24. The third kappa shape index (κ3) is 3.07. The Labute approximate surface area is 157 Å². The maximum atomic E-state index is 13.6. The molecule has 1 aromatic heterocycles. The highest BCUT2D eigenvalue weighted by Gasteiger charge is 2.38. The Morgan fingerprint density at radius 1 is 0.893 bits per heavy atom. The summed E-state index contributed by atoms with van der Waals surface area (Å²) in [6, 6.07) is 14.6. The quantitative estimate of drug-likeness (QED) is 0.647. The molecule has 0 saturated heterocycles. The average Bonchev–Trinajstić information content (AvgIpc) is 2.95. The summed E-state index contributed by atoms with van der Waals surface area (Å²) in [5, 5.41) is 0.413. The second kappa shape index (κ2) is 6.92. The predicted molar refractivity (Wildman–Crippen MR) is 93.1 cm³/mol. The summed E-state index contributed by atoms with van der Waals surface area (Å²) >= 11 is 0. The van der Waals surface area contributed by atoms with Crippen molar-refractivity contribution >= 4 is 17.8 Å². The normalized spacial score (nSPS) is 12.7. The fourth-order valence-corrected chi connectivity index (χ4v) is 2.59. The Hall–Kier alpha value is -4.07. The Bertz CT molecular complexity index is 1060. The van der Waals surface area contributed by atoms with Crippen molar-refractivity contribution in [3.05, 3.63) is 89.4 Å². The van der Waals surface area contributed by atoms with Crippen LogP contribution in [0.4, 0.5) is 4.39 Å². The molecule has 2 heterocycles. The van der Waals surface area contributed by atoms with E-state index >= 15 is 0 Å². The van der Waals surface area contributed by atoms with Gasteiger partial charge in [0, 0.05) is 12.3 Å². The number of para-hydroxylation sites is 1. The van der Waals surface area contributed by atoms with Crippen LogP contribution in [0.3, 0.4) is 0 Å². The maximum Gasteiger partial charge on any atom is 0.365 e. The number of carbonyl (C=O) groups excluding carboxylic acids is 3. The SMILES string of the molecule is O=C(ON1C(=O)c2ccccc2C1=O)c1ccc(Oc2ccccc2F)nc1. The number of amides is 2. The lowest BCUT2D eigenvalue weighted by molar-refractivity contribution is -0.0584. The van der Waals surface area contributed by atoms with E-state index in [2.05, 4.69) is 4.98 Å². The molecule has 28 heavy (non-hydrogen) atoms. The van der Waals surface area contributed by atoms with Crippen molar-refractivity contribution in [1.82, 2.24) is 10.0 Å². The van der Waals surface area contributed by atoms with Crippen molar-refractivity contribution in [1.29, 1.82) is 0 Å². The van der Waals surface area contributed by atoms with Gasteiger partial charge in [0.05, 0.1) is 16.7 Å². The van der Waals surface area contributed by atoms with E-state index in [9.17, 15) is 18.8 Å². The summed E-state index contributed by atoms with van der Waals surface area (Å²) in [7, 11) is 0. The number of hydrogen-bond acceptors (Lipinski definition) is 6. The van der Waals surface area contributed by atoms with Crippen molar-refractivity contribution in [3.63, 3.8) is 0 Å². The first-order valence-electron chi connectivity index (χ1n) is 8.13.